The Bertz CT molecular complexity index is 392. The van der Waals surface area contributed by atoms with Crippen LogP contribution in [0.5, 0.6) is 0 Å². The van der Waals surface area contributed by atoms with Gasteiger partial charge in [-0.1, -0.05) is 0 Å². The van der Waals surface area contributed by atoms with E-state index in [4.69, 9.17) is 4.74 Å². The van der Waals surface area contributed by atoms with Crippen LogP contribution in [0.25, 0.3) is 0 Å². The molecule has 1 unspecified atom stereocenters. The van der Waals surface area contributed by atoms with Gasteiger partial charge in [0.25, 0.3) is 0 Å². The topological polar surface area (TPSA) is 51.2 Å². The van der Waals surface area contributed by atoms with Crippen molar-refractivity contribution >= 4 is 5.97 Å². The second kappa shape index (κ2) is 5.23. The van der Waals surface area contributed by atoms with E-state index < -0.39 is 17.3 Å². The molecule has 94 valence electrons. The summed E-state index contributed by atoms with van der Waals surface area (Å²) < 4.78 is 17.6. The predicted molar refractivity (Wildman–Crippen MR) is 61.8 cm³/mol. The zero-order valence-electron chi connectivity index (χ0n) is 10.5. The van der Waals surface area contributed by atoms with Crippen molar-refractivity contribution in [1.29, 1.82) is 0 Å². The molecule has 0 saturated heterocycles. The van der Waals surface area contributed by atoms with Gasteiger partial charge in [-0.15, -0.1) is 0 Å². The molecule has 1 heterocycles. The van der Waals surface area contributed by atoms with E-state index in [0.717, 1.165) is 6.20 Å². The summed E-state index contributed by atoms with van der Waals surface area (Å²) in [6.07, 6.45) is 1.08. The van der Waals surface area contributed by atoms with Crippen molar-refractivity contribution in [1.82, 2.24) is 10.3 Å². The summed E-state index contributed by atoms with van der Waals surface area (Å²) in [6, 6.07) is 2.80. The number of aromatic nitrogens is 1. The predicted octanol–water partition coefficient (Wildman–Crippen LogP) is 1.61. The second-order valence-corrected chi connectivity index (χ2v) is 4.28. The van der Waals surface area contributed by atoms with Gasteiger partial charge < -0.3 is 4.74 Å². The molecule has 1 atom stereocenters. The largest absolute Gasteiger partial charge is 0.467 e. The number of methoxy groups -OCH3 is 1. The third-order valence-corrected chi connectivity index (χ3v) is 2.41. The average Bonchev–Trinajstić information content (AvgIpc) is 2.27. The van der Waals surface area contributed by atoms with E-state index in [9.17, 15) is 9.18 Å². The number of hydrogen-bond acceptors (Lipinski definition) is 4. The quantitative estimate of drug-likeness (QED) is 0.812. The van der Waals surface area contributed by atoms with E-state index in [-0.39, 0.29) is 6.04 Å². The molecule has 0 fully saturated rings. The number of hydrogen-bond donors (Lipinski definition) is 1. The maximum Gasteiger partial charge on any atom is 0.332 e. The van der Waals surface area contributed by atoms with Crippen LogP contribution in [0.3, 0.4) is 0 Å². The molecule has 0 bridgehead atoms. The molecule has 17 heavy (non-hydrogen) atoms. The van der Waals surface area contributed by atoms with Crippen LogP contribution in [-0.4, -0.2) is 24.1 Å². The van der Waals surface area contributed by atoms with Crippen LogP contribution < -0.4 is 5.32 Å². The summed E-state index contributed by atoms with van der Waals surface area (Å²) in [5, 5.41) is 3.08. The van der Waals surface area contributed by atoms with Gasteiger partial charge in [0.2, 0.25) is 0 Å². The Kier molecular flexibility index (Phi) is 4.17. The number of rotatable bonds is 4. The number of nitrogens with zero attached hydrogens (tertiary/aromatic N) is 1. The molecule has 0 amide bonds. The van der Waals surface area contributed by atoms with Crippen molar-refractivity contribution in [3.05, 3.63) is 29.8 Å². The van der Waals surface area contributed by atoms with Gasteiger partial charge in [0.1, 0.15) is 5.82 Å². The summed E-state index contributed by atoms with van der Waals surface area (Å²) >= 11 is 0. The monoisotopic (exact) mass is 240 g/mol. The molecule has 0 spiro atoms. The van der Waals surface area contributed by atoms with Crippen molar-refractivity contribution in [2.24, 2.45) is 0 Å². The SMILES string of the molecule is COC(=O)C(C)(NC(C)C)c1ccc(F)cn1. The normalized spacial score (nSPS) is 14.5. The molecule has 5 heteroatoms. The van der Waals surface area contributed by atoms with Crippen LogP contribution >= 0.6 is 0 Å². The highest BCUT2D eigenvalue weighted by Gasteiger charge is 2.38. The first kappa shape index (κ1) is 13.6. The average molecular weight is 240 g/mol. The van der Waals surface area contributed by atoms with Crippen molar-refractivity contribution < 1.29 is 13.9 Å². The third-order valence-electron chi connectivity index (χ3n) is 2.41. The van der Waals surface area contributed by atoms with E-state index in [1.54, 1.807) is 6.92 Å². The van der Waals surface area contributed by atoms with Gasteiger partial charge in [0, 0.05) is 6.04 Å². The van der Waals surface area contributed by atoms with Gasteiger partial charge in [-0.3, -0.25) is 10.3 Å². The lowest BCUT2D eigenvalue weighted by Gasteiger charge is -2.29. The van der Waals surface area contributed by atoms with E-state index in [1.807, 2.05) is 13.8 Å². The first-order chi connectivity index (χ1) is 7.90. The van der Waals surface area contributed by atoms with Gasteiger partial charge in [0.15, 0.2) is 5.54 Å². The fraction of sp³-hybridized carbons (Fsp3) is 0.500. The van der Waals surface area contributed by atoms with Crippen LogP contribution in [0.2, 0.25) is 0 Å². The Labute approximate surface area is 100 Å². The number of nitrogens with one attached hydrogen (secondary N) is 1. The van der Waals surface area contributed by atoms with Crippen molar-refractivity contribution in [3.63, 3.8) is 0 Å². The Morgan fingerprint density at radius 1 is 1.53 bits per heavy atom. The first-order valence-corrected chi connectivity index (χ1v) is 5.38. The van der Waals surface area contributed by atoms with E-state index in [2.05, 4.69) is 10.3 Å². The smallest absolute Gasteiger partial charge is 0.332 e. The molecular weight excluding hydrogens is 223 g/mol. The van der Waals surface area contributed by atoms with Crippen LogP contribution in [0.4, 0.5) is 4.39 Å². The van der Waals surface area contributed by atoms with E-state index in [1.165, 1.54) is 19.2 Å². The summed E-state index contributed by atoms with van der Waals surface area (Å²) in [5.74, 6) is -0.893. The van der Waals surface area contributed by atoms with E-state index >= 15 is 0 Å². The minimum absolute atomic E-state index is 0.0611. The Balaban J connectivity index is 3.13. The minimum atomic E-state index is -1.07. The molecule has 4 nitrogen and oxygen atoms in total. The maximum absolute atomic E-state index is 12.8. The van der Waals surface area contributed by atoms with Crippen LogP contribution in [0.15, 0.2) is 18.3 Å². The van der Waals surface area contributed by atoms with Gasteiger partial charge in [-0.25, -0.2) is 9.18 Å². The highest BCUT2D eigenvalue weighted by atomic mass is 19.1. The molecular formula is C12H17FN2O2. The maximum atomic E-state index is 12.8. The standard InChI is InChI=1S/C12H17FN2O2/c1-8(2)15-12(3,11(16)17-4)10-6-5-9(13)7-14-10/h5-8,15H,1-4H3. The number of carbonyl (C=O) groups is 1. The van der Waals surface area contributed by atoms with Crippen LogP contribution in [-0.2, 0) is 15.1 Å². The fourth-order valence-corrected chi connectivity index (χ4v) is 1.69. The van der Waals surface area contributed by atoms with E-state index in [0.29, 0.717) is 5.69 Å². The van der Waals surface area contributed by atoms with Crippen molar-refractivity contribution in [2.45, 2.75) is 32.4 Å². The zero-order valence-corrected chi connectivity index (χ0v) is 10.5. The van der Waals surface area contributed by atoms with Crippen LogP contribution in [0, 0.1) is 5.82 Å². The van der Waals surface area contributed by atoms with Gasteiger partial charge in [0.05, 0.1) is 19.0 Å². The Hall–Kier alpha value is -1.49. The fourth-order valence-electron chi connectivity index (χ4n) is 1.69. The number of carbonyl (C=O) groups excluding carboxylic acids is 1. The third kappa shape index (κ3) is 3.00. The molecule has 0 aliphatic rings. The molecule has 1 rings (SSSR count). The molecule has 0 aliphatic heterocycles. The zero-order chi connectivity index (χ0) is 13.1. The molecule has 1 N–H and O–H groups in total. The minimum Gasteiger partial charge on any atom is -0.467 e. The van der Waals surface area contributed by atoms with Crippen molar-refractivity contribution in [3.8, 4) is 0 Å². The number of ether oxygens (including phenoxy) is 1. The van der Waals surface area contributed by atoms with Crippen LogP contribution in [0.1, 0.15) is 26.5 Å². The summed E-state index contributed by atoms with van der Waals surface area (Å²) in [7, 11) is 1.31. The molecule has 1 aromatic heterocycles. The lowest BCUT2D eigenvalue weighted by atomic mass is 9.96. The summed E-state index contributed by atoms with van der Waals surface area (Å²) in [4.78, 5) is 15.8. The van der Waals surface area contributed by atoms with Gasteiger partial charge in [-0.2, -0.15) is 0 Å². The van der Waals surface area contributed by atoms with Gasteiger partial charge >= 0.3 is 5.97 Å². The Morgan fingerprint density at radius 2 is 2.18 bits per heavy atom. The number of pyridine rings is 1. The Morgan fingerprint density at radius 3 is 2.59 bits per heavy atom. The molecule has 0 radical (unpaired) electrons. The molecule has 0 aromatic carbocycles. The molecule has 1 aromatic rings. The number of esters is 1. The van der Waals surface area contributed by atoms with Crippen molar-refractivity contribution in [2.75, 3.05) is 7.11 Å². The summed E-state index contributed by atoms with van der Waals surface area (Å²) in [6.45, 7) is 5.48. The highest BCUT2D eigenvalue weighted by molar-refractivity contribution is 5.81. The lowest BCUT2D eigenvalue weighted by molar-refractivity contribution is -0.148. The summed E-state index contributed by atoms with van der Waals surface area (Å²) in [5.41, 5.74) is -0.643. The highest BCUT2D eigenvalue weighted by Crippen LogP contribution is 2.21. The van der Waals surface area contributed by atoms with Gasteiger partial charge in [-0.05, 0) is 32.9 Å². The molecule has 0 saturated carbocycles. The molecule has 0 aliphatic carbocycles. The first-order valence-electron chi connectivity index (χ1n) is 5.38. The second-order valence-electron chi connectivity index (χ2n) is 4.28. The lowest BCUT2D eigenvalue weighted by Crippen LogP contribution is -2.50. The number of halogens is 1.